The number of hydrogen-bond donors (Lipinski definition) is 5. The smallest absolute Gasteiger partial charge is 0.329 e. The van der Waals surface area contributed by atoms with Crippen molar-refractivity contribution >= 4 is 17.7 Å². The van der Waals surface area contributed by atoms with E-state index < -0.39 is 84.1 Å². The fourth-order valence-corrected chi connectivity index (χ4v) is 10.2. The summed E-state index contributed by atoms with van der Waals surface area (Å²) in [4.78, 5) is 43.9. The Morgan fingerprint density at radius 3 is 2.27 bits per heavy atom. The predicted octanol–water partition coefficient (Wildman–Crippen LogP) is 6.39. The summed E-state index contributed by atoms with van der Waals surface area (Å²) in [5.41, 5.74) is 1.50. The average molecular weight is 902 g/mol. The minimum Gasteiger partial charge on any atom is -0.460 e. The van der Waals surface area contributed by atoms with Gasteiger partial charge in [-0.05, 0) is 120 Å². The van der Waals surface area contributed by atoms with E-state index in [-0.39, 0.29) is 55.1 Å². The summed E-state index contributed by atoms with van der Waals surface area (Å²) in [7, 11) is 3.05. The summed E-state index contributed by atoms with van der Waals surface area (Å²) in [5, 5.41) is 57.1. The Hall–Kier alpha value is -2.75. The number of Topliss-reactive ketones (excluding diaryl/α,β-unsaturated/α-hetero) is 1. The molecule has 0 spiro atoms. The SMILES string of the molecule is CO[C@@H]1CC(C[C@@H](C)[C@@H]2CC(O)[C@H](C)/C=C(\C)[C@@H](O)[C@@H](OC)C(O)[C@H](C)C[C@H](C)/C=C/C(C)C=C/C(C)=C/CC3CC[C@@H](C)[C@@](O)(O3)C(=O)C(=O)N3CCCCC3C(=O)O2)CC[C@H]1O. The number of nitrogens with zero attached hydrogens (tertiary/aromatic N) is 1. The molecule has 4 rings (SSSR count). The molecule has 1 amide bonds. The minimum atomic E-state index is -2.36. The molecule has 17 atom stereocenters. The van der Waals surface area contributed by atoms with Crippen molar-refractivity contribution < 1.29 is 58.9 Å². The maximum atomic E-state index is 14.4. The Morgan fingerprint density at radius 2 is 1.58 bits per heavy atom. The van der Waals surface area contributed by atoms with Crippen molar-refractivity contribution in [2.75, 3.05) is 20.8 Å². The maximum absolute atomic E-state index is 14.4. The number of methoxy groups -OCH3 is 2. The topological polar surface area (TPSA) is 193 Å². The number of fused-ring (bicyclic) bond motifs is 3. The molecule has 1 saturated carbocycles. The lowest BCUT2D eigenvalue weighted by Crippen LogP contribution is -2.60. The molecule has 0 aromatic heterocycles. The zero-order valence-corrected chi connectivity index (χ0v) is 40.4. The first kappa shape index (κ1) is 53.9. The van der Waals surface area contributed by atoms with Crippen molar-refractivity contribution in [2.45, 2.75) is 193 Å². The van der Waals surface area contributed by atoms with E-state index in [4.69, 9.17) is 18.9 Å². The van der Waals surface area contributed by atoms with Gasteiger partial charge in [0, 0.05) is 39.0 Å². The molecule has 4 aliphatic rings. The van der Waals surface area contributed by atoms with Gasteiger partial charge in [0.1, 0.15) is 24.4 Å². The van der Waals surface area contributed by atoms with Gasteiger partial charge in [-0.25, -0.2) is 4.79 Å². The highest BCUT2D eigenvalue weighted by Crippen LogP contribution is 2.37. The number of piperidine rings is 1. The molecule has 3 aliphatic heterocycles. The highest BCUT2D eigenvalue weighted by atomic mass is 16.6. The van der Waals surface area contributed by atoms with Crippen LogP contribution in [0.1, 0.15) is 132 Å². The van der Waals surface area contributed by atoms with Crippen LogP contribution in [0.25, 0.3) is 0 Å². The molecule has 364 valence electrons. The quantitative estimate of drug-likeness (QED) is 0.116. The number of carbonyl (C=O) groups is 3. The number of rotatable bonds is 5. The van der Waals surface area contributed by atoms with Crippen molar-refractivity contribution in [3.05, 3.63) is 47.6 Å². The largest absolute Gasteiger partial charge is 0.460 e. The van der Waals surface area contributed by atoms with Gasteiger partial charge in [0.2, 0.25) is 5.79 Å². The van der Waals surface area contributed by atoms with Crippen LogP contribution in [0.5, 0.6) is 0 Å². The third kappa shape index (κ3) is 14.4. The van der Waals surface area contributed by atoms with E-state index >= 15 is 0 Å². The normalized spacial score (nSPS) is 42.6. The van der Waals surface area contributed by atoms with E-state index in [0.29, 0.717) is 63.4 Å². The second kappa shape index (κ2) is 24.9. The monoisotopic (exact) mass is 902 g/mol. The third-order valence-corrected chi connectivity index (χ3v) is 14.7. The van der Waals surface area contributed by atoms with Gasteiger partial charge in [-0.1, -0.05) is 83.6 Å². The standard InChI is InChI=1S/C51H83NO12/c1-30-14-15-31(2)18-21-39-22-19-37(8)51(60,64-39)48(57)49(58)52-24-12-11-13-40(52)50(59)63-43(34(5)27-38-20-23-41(53)44(28-38)61-9)29-42(54)33(4)26-36(7)46(56)47(62-10)45(55)35(6)25-32(3)17-16-30/h14-18,26,30,32-35,37-47,53-56,60H,11-13,19-25,27-29H2,1-10H3/b15-14?,17-16+,31-18+,36-26+/t30?,32-,33-,34-,35-,37-,38?,39?,40?,41-,42?,43+,44-,45?,46-,47+,51-/m1/s1. The molecule has 2 bridgehead atoms. The molecule has 13 heteroatoms. The van der Waals surface area contributed by atoms with Crippen LogP contribution in [-0.2, 0) is 33.3 Å². The Kier molecular flexibility index (Phi) is 20.9. The lowest BCUT2D eigenvalue weighted by atomic mass is 9.78. The molecule has 2 saturated heterocycles. The molecule has 3 heterocycles. The zero-order valence-electron chi connectivity index (χ0n) is 40.4. The van der Waals surface area contributed by atoms with E-state index in [0.717, 1.165) is 12.0 Å². The zero-order chi connectivity index (χ0) is 47.5. The molecular formula is C51H83NO12. The molecule has 64 heavy (non-hydrogen) atoms. The number of allylic oxidation sites excluding steroid dienone is 5. The van der Waals surface area contributed by atoms with Gasteiger partial charge in [0.15, 0.2) is 0 Å². The Labute approximate surface area is 383 Å². The molecule has 5 N–H and O–H groups in total. The Balaban J connectivity index is 1.68. The first-order chi connectivity index (χ1) is 30.2. The predicted molar refractivity (Wildman–Crippen MR) is 246 cm³/mol. The first-order valence-corrected chi connectivity index (χ1v) is 24.2. The van der Waals surface area contributed by atoms with Gasteiger partial charge in [-0.2, -0.15) is 0 Å². The fraction of sp³-hybridized carbons (Fsp3) is 0.784. The van der Waals surface area contributed by atoms with Crippen LogP contribution in [0.4, 0.5) is 0 Å². The Bertz CT molecular complexity index is 1640. The molecule has 0 aromatic carbocycles. The van der Waals surface area contributed by atoms with Crippen molar-refractivity contribution in [1.29, 1.82) is 0 Å². The summed E-state index contributed by atoms with van der Waals surface area (Å²) in [6.45, 7) is 15.4. The number of carbonyl (C=O) groups excluding carboxylic acids is 3. The molecule has 6 unspecified atom stereocenters. The molecule has 0 aromatic rings. The van der Waals surface area contributed by atoms with Gasteiger partial charge in [0.05, 0.1) is 30.5 Å². The molecule has 1 aliphatic carbocycles. The van der Waals surface area contributed by atoms with Crippen LogP contribution < -0.4 is 0 Å². The van der Waals surface area contributed by atoms with E-state index in [1.54, 1.807) is 27.0 Å². The summed E-state index contributed by atoms with van der Waals surface area (Å²) in [6.07, 6.45) is 12.1. The average Bonchev–Trinajstić information content (AvgIpc) is 3.27. The summed E-state index contributed by atoms with van der Waals surface area (Å²) < 4.78 is 23.7. The van der Waals surface area contributed by atoms with Gasteiger partial charge >= 0.3 is 5.97 Å². The number of aliphatic hydroxyl groups excluding tert-OH is 4. The van der Waals surface area contributed by atoms with E-state index in [2.05, 4.69) is 32.1 Å². The van der Waals surface area contributed by atoms with Crippen LogP contribution >= 0.6 is 0 Å². The van der Waals surface area contributed by atoms with E-state index in [1.165, 1.54) is 12.0 Å². The van der Waals surface area contributed by atoms with Gasteiger partial charge in [0.25, 0.3) is 11.7 Å². The van der Waals surface area contributed by atoms with Crippen LogP contribution in [0.15, 0.2) is 47.6 Å². The summed E-state index contributed by atoms with van der Waals surface area (Å²) in [5.74, 6) is -6.34. The first-order valence-electron chi connectivity index (χ1n) is 24.2. The second-order valence-electron chi connectivity index (χ2n) is 20.1. The number of ketones is 1. The minimum absolute atomic E-state index is 0.0456. The van der Waals surface area contributed by atoms with Gasteiger partial charge in [-0.15, -0.1) is 0 Å². The Morgan fingerprint density at radius 1 is 0.859 bits per heavy atom. The highest BCUT2D eigenvalue weighted by Gasteiger charge is 2.52. The van der Waals surface area contributed by atoms with E-state index in [1.807, 2.05) is 39.8 Å². The van der Waals surface area contributed by atoms with Crippen molar-refractivity contribution in [3.63, 3.8) is 0 Å². The van der Waals surface area contributed by atoms with Crippen LogP contribution in [0, 0.1) is 41.4 Å². The number of esters is 1. The molecule has 0 radical (unpaired) electrons. The lowest BCUT2D eigenvalue weighted by Gasteiger charge is -2.42. The van der Waals surface area contributed by atoms with Crippen LogP contribution in [0.2, 0.25) is 0 Å². The number of cyclic esters (lactones) is 1. The van der Waals surface area contributed by atoms with Crippen molar-refractivity contribution in [1.82, 2.24) is 4.90 Å². The molecular weight excluding hydrogens is 819 g/mol. The summed E-state index contributed by atoms with van der Waals surface area (Å²) >= 11 is 0. The van der Waals surface area contributed by atoms with Crippen LogP contribution in [0.3, 0.4) is 0 Å². The number of ether oxygens (including phenoxy) is 4. The van der Waals surface area contributed by atoms with Crippen molar-refractivity contribution in [2.24, 2.45) is 41.4 Å². The highest BCUT2D eigenvalue weighted by molar-refractivity contribution is 6.39. The maximum Gasteiger partial charge on any atom is 0.329 e. The molecule has 3 fully saturated rings. The van der Waals surface area contributed by atoms with Gasteiger partial charge < -0.3 is 49.4 Å². The number of hydrogen-bond acceptors (Lipinski definition) is 12. The third-order valence-electron chi connectivity index (χ3n) is 14.7. The van der Waals surface area contributed by atoms with Gasteiger partial charge in [-0.3, -0.25) is 9.59 Å². The number of amides is 1. The van der Waals surface area contributed by atoms with Crippen LogP contribution in [-0.4, -0.2) is 130 Å². The summed E-state index contributed by atoms with van der Waals surface area (Å²) in [6, 6.07) is -1.08. The molecule has 13 nitrogen and oxygen atoms in total. The lowest BCUT2D eigenvalue weighted by molar-refractivity contribution is -0.262. The van der Waals surface area contributed by atoms with Crippen molar-refractivity contribution in [3.8, 4) is 0 Å². The fourth-order valence-electron chi connectivity index (χ4n) is 10.2. The van der Waals surface area contributed by atoms with E-state index in [9.17, 15) is 39.9 Å². The number of aliphatic hydroxyl groups is 5. The second-order valence-corrected chi connectivity index (χ2v) is 20.1.